The average molecular weight is 509 g/mol. The van der Waals surface area contributed by atoms with Crippen molar-refractivity contribution < 1.29 is 22.7 Å². The van der Waals surface area contributed by atoms with E-state index in [-0.39, 0.29) is 34.6 Å². The highest BCUT2D eigenvalue weighted by molar-refractivity contribution is 7.89. The Hall–Kier alpha value is -3.50. The molecule has 0 spiro atoms. The van der Waals surface area contributed by atoms with Gasteiger partial charge in [0.2, 0.25) is 10.0 Å². The number of carbonyl (C=O) groups is 2. The zero-order chi connectivity index (χ0) is 25.6. The molecule has 0 saturated carbocycles. The fourth-order valence-electron chi connectivity index (χ4n) is 5.06. The number of likely N-dealkylation sites (tertiary alicyclic amines) is 2. The minimum atomic E-state index is -3.81. The van der Waals surface area contributed by atoms with Crippen LogP contribution in [-0.2, 0) is 10.0 Å². The molecule has 2 saturated heterocycles. The lowest BCUT2D eigenvalue weighted by Gasteiger charge is -2.22. The first-order valence-corrected chi connectivity index (χ1v) is 13.4. The van der Waals surface area contributed by atoms with Gasteiger partial charge in [0.25, 0.3) is 11.8 Å². The molecule has 2 aromatic carbocycles. The van der Waals surface area contributed by atoms with Crippen molar-refractivity contribution in [3.8, 4) is 5.75 Å². The predicted molar refractivity (Wildman–Crippen MR) is 134 cm³/mol. The van der Waals surface area contributed by atoms with Crippen LogP contribution in [0.15, 0.2) is 59.5 Å². The van der Waals surface area contributed by atoms with Crippen molar-refractivity contribution in [2.75, 3.05) is 26.2 Å². The number of hydrogen-bond donors (Lipinski definition) is 1. The average Bonchev–Trinajstić information content (AvgIpc) is 3.42. The van der Waals surface area contributed by atoms with Gasteiger partial charge < -0.3 is 14.5 Å². The molecule has 0 bridgehead atoms. The van der Waals surface area contributed by atoms with Crippen LogP contribution in [0.4, 0.5) is 0 Å². The maximum absolute atomic E-state index is 13.4. The summed E-state index contributed by atoms with van der Waals surface area (Å²) in [4.78, 5) is 34.5. The normalized spacial score (nSPS) is 19.7. The molecule has 0 unspecified atom stereocenters. The lowest BCUT2D eigenvalue weighted by Crippen LogP contribution is -2.36. The zero-order valence-corrected chi connectivity index (χ0v) is 20.9. The Balaban J connectivity index is 1.28. The van der Waals surface area contributed by atoms with Gasteiger partial charge >= 0.3 is 0 Å². The van der Waals surface area contributed by atoms with E-state index in [4.69, 9.17) is 9.88 Å². The van der Waals surface area contributed by atoms with Gasteiger partial charge in [0.1, 0.15) is 11.4 Å². The Morgan fingerprint density at radius 1 is 0.944 bits per heavy atom. The molecule has 3 aromatic rings. The van der Waals surface area contributed by atoms with Gasteiger partial charge in [-0.25, -0.2) is 18.5 Å². The number of carbonyl (C=O) groups excluding carboxylic acids is 2. The molecule has 0 aliphatic carbocycles. The third-order valence-corrected chi connectivity index (χ3v) is 7.68. The minimum Gasteiger partial charge on any atom is -0.490 e. The Kier molecular flexibility index (Phi) is 6.17. The molecule has 3 heterocycles. The first kappa shape index (κ1) is 24.2. The fraction of sp³-hybridized carbons (Fsp3) is 0.346. The van der Waals surface area contributed by atoms with Crippen molar-refractivity contribution in [1.29, 1.82) is 0 Å². The number of aromatic nitrogens is 1. The molecule has 36 heavy (non-hydrogen) atoms. The summed E-state index contributed by atoms with van der Waals surface area (Å²) < 4.78 is 28.9. The number of nitrogens with two attached hydrogens (primary N) is 1. The number of ether oxygens (including phenoxy) is 1. The van der Waals surface area contributed by atoms with E-state index in [1.54, 1.807) is 11.0 Å². The predicted octanol–water partition coefficient (Wildman–Crippen LogP) is 2.51. The highest BCUT2D eigenvalue weighted by Gasteiger charge is 2.43. The number of fused-ring (bicyclic) bond motifs is 2. The van der Waals surface area contributed by atoms with E-state index >= 15 is 0 Å². The zero-order valence-electron chi connectivity index (χ0n) is 20.1. The van der Waals surface area contributed by atoms with Gasteiger partial charge in [0.05, 0.1) is 16.5 Å². The number of para-hydroxylation sites is 1. The summed E-state index contributed by atoms with van der Waals surface area (Å²) in [6, 6.07) is 15.0. The molecule has 2 atom stereocenters. The van der Waals surface area contributed by atoms with E-state index in [1.807, 2.05) is 43.0 Å². The highest BCUT2D eigenvalue weighted by Crippen LogP contribution is 2.34. The molecule has 10 heteroatoms. The monoisotopic (exact) mass is 508 g/mol. The Bertz CT molecular complexity index is 1420. The first-order valence-electron chi connectivity index (χ1n) is 11.9. The van der Waals surface area contributed by atoms with Crippen LogP contribution >= 0.6 is 0 Å². The quantitative estimate of drug-likeness (QED) is 0.565. The number of rotatable bonds is 5. The summed E-state index contributed by atoms with van der Waals surface area (Å²) >= 11 is 0. The molecule has 2 aliphatic rings. The minimum absolute atomic E-state index is 0.0317. The van der Waals surface area contributed by atoms with E-state index < -0.39 is 10.0 Å². The van der Waals surface area contributed by atoms with Gasteiger partial charge in [0, 0.05) is 55.0 Å². The van der Waals surface area contributed by atoms with E-state index in [1.165, 1.54) is 24.3 Å². The van der Waals surface area contributed by atoms with Gasteiger partial charge in [-0.15, -0.1) is 0 Å². The summed E-state index contributed by atoms with van der Waals surface area (Å²) in [5.41, 5.74) is 1.48. The molecular formula is C26H28N4O5S. The Morgan fingerprint density at radius 2 is 1.53 bits per heavy atom. The maximum atomic E-state index is 13.4. The number of benzene rings is 2. The van der Waals surface area contributed by atoms with Gasteiger partial charge in [0.15, 0.2) is 0 Å². The van der Waals surface area contributed by atoms with Crippen molar-refractivity contribution in [3.05, 3.63) is 65.9 Å². The lowest BCUT2D eigenvalue weighted by molar-refractivity contribution is 0.0735. The smallest absolute Gasteiger partial charge is 0.272 e. The highest BCUT2D eigenvalue weighted by atomic mass is 32.2. The second kappa shape index (κ2) is 9.18. The van der Waals surface area contributed by atoms with Crippen LogP contribution in [0.3, 0.4) is 0 Å². The van der Waals surface area contributed by atoms with Gasteiger partial charge in [-0.05, 0) is 50.2 Å². The van der Waals surface area contributed by atoms with Gasteiger partial charge in [-0.1, -0.05) is 12.1 Å². The molecular weight excluding hydrogens is 480 g/mol. The summed E-state index contributed by atoms with van der Waals surface area (Å²) in [7, 11) is -3.81. The van der Waals surface area contributed by atoms with E-state index in [9.17, 15) is 18.0 Å². The Labute approximate surface area is 209 Å². The Morgan fingerprint density at radius 3 is 2.11 bits per heavy atom. The van der Waals surface area contributed by atoms with Gasteiger partial charge in [-0.3, -0.25) is 9.59 Å². The number of sulfonamides is 1. The number of amides is 2. The van der Waals surface area contributed by atoms with E-state index in [0.29, 0.717) is 48.7 Å². The summed E-state index contributed by atoms with van der Waals surface area (Å²) in [5, 5.41) is 6.00. The summed E-state index contributed by atoms with van der Waals surface area (Å²) in [5.74, 6) is 0.695. The van der Waals surface area contributed by atoms with Crippen molar-refractivity contribution in [3.63, 3.8) is 0 Å². The third-order valence-electron chi connectivity index (χ3n) is 6.75. The van der Waals surface area contributed by atoms with Crippen LogP contribution < -0.4 is 9.88 Å². The molecule has 9 nitrogen and oxygen atoms in total. The number of pyridine rings is 1. The standard InChI is InChI=1S/C26H28N4O5S/c1-16(2)35-24-11-23(28-22-6-4-3-5-21(22)24)26(32)30-14-18-12-29(13-19(18)15-30)25(31)17-7-9-20(10-8-17)36(27,33)34/h3-11,16,18-19H,12-15H2,1-2H3,(H2,27,33,34)/t18-,19+. The fourth-order valence-corrected chi connectivity index (χ4v) is 5.58. The molecule has 2 N–H and O–H groups in total. The van der Waals surface area contributed by atoms with E-state index in [2.05, 4.69) is 4.98 Å². The molecule has 5 rings (SSSR count). The van der Waals surface area contributed by atoms with Crippen molar-refractivity contribution >= 4 is 32.7 Å². The van der Waals surface area contributed by atoms with Crippen LogP contribution in [0.25, 0.3) is 10.9 Å². The first-order chi connectivity index (χ1) is 17.1. The largest absolute Gasteiger partial charge is 0.490 e. The number of nitrogens with zero attached hydrogens (tertiary/aromatic N) is 3. The molecule has 2 amide bonds. The second-order valence-electron chi connectivity index (χ2n) is 9.70. The number of hydrogen-bond acceptors (Lipinski definition) is 6. The van der Waals surface area contributed by atoms with Crippen molar-refractivity contribution in [2.24, 2.45) is 17.0 Å². The molecule has 188 valence electrons. The van der Waals surface area contributed by atoms with Crippen LogP contribution in [0.5, 0.6) is 5.75 Å². The lowest BCUT2D eigenvalue weighted by atomic mass is 10.0. The van der Waals surface area contributed by atoms with Crippen LogP contribution in [0.2, 0.25) is 0 Å². The van der Waals surface area contributed by atoms with Crippen LogP contribution in [0, 0.1) is 11.8 Å². The topological polar surface area (TPSA) is 123 Å². The van der Waals surface area contributed by atoms with E-state index in [0.717, 1.165) is 5.39 Å². The van der Waals surface area contributed by atoms with Crippen molar-refractivity contribution in [2.45, 2.75) is 24.8 Å². The molecule has 2 fully saturated rings. The third kappa shape index (κ3) is 4.66. The maximum Gasteiger partial charge on any atom is 0.272 e. The second-order valence-corrected chi connectivity index (χ2v) is 11.3. The number of primary sulfonamides is 1. The molecule has 2 aliphatic heterocycles. The SMILES string of the molecule is CC(C)Oc1cc(C(=O)N2C[C@H]3CN(C(=O)c4ccc(S(N)(=O)=O)cc4)C[C@H]3C2)nc2ccccc12. The molecule has 0 radical (unpaired) electrons. The summed E-state index contributed by atoms with van der Waals surface area (Å²) in [6.07, 6.45) is -0.0377. The van der Waals surface area contributed by atoms with Crippen molar-refractivity contribution in [1.82, 2.24) is 14.8 Å². The molecule has 1 aromatic heterocycles. The summed E-state index contributed by atoms with van der Waals surface area (Å²) in [6.45, 7) is 6.06. The van der Waals surface area contributed by atoms with Crippen LogP contribution in [0.1, 0.15) is 34.7 Å². The van der Waals surface area contributed by atoms with Crippen LogP contribution in [-0.4, -0.2) is 67.3 Å². The van der Waals surface area contributed by atoms with Gasteiger partial charge in [-0.2, -0.15) is 0 Å².